The van der Waals surface area contributed by atoms with Crippen LogP contribution in [0, 0.1) is 0 Å². The number of fused-ring (bicyclic) bond motifs is 2. The lowest BCUT2D eigenvalue weighted by Crippen LogP contribution is -2.09. The molecule has 2 aromatic heterocycles. The molecule has 0 saturated carbocycles. The van der Waals surface area contributed by atoms with E-state index in [1.807, 2.05) is 37.3 Å². The number of nitrogens with one attached hydrogen (secondary N) is 1. The van der Waals surface area contributed by atoms with Crippen LogP contribution in [-0.4, -0.2) is 24.2 Å². The molecule has 31 heavy (non-hydrogen) atoms. The molecule has 4 aromatic rings. The van der Waals surface area contributed by atoms with E-state index in [1.54, 1.807) is 11.3 Å². The third-order valence-electron chi connectivity index (χ3n) is 5.34. The van der Waals surface area contributed by atoms with Crippen LogP contribution < -0.4 is 4.74 Å². The third-order valence-corrected chi connectivity index (χ3v) is 6.59. The predicted molar refractivity (Wildman–Crippen MR) is 129 cm³/mol. The number of ether oxygens (including phenoxy) is 2. The largest absolute Gasteiger partial charge is 0.494 e. The summed E-state index contributed by atoms with van der Waals surface area (Å²) in [4.78, 5) is 15.9. The van der Waals surface area contributed by atoms with Crippen LogP contribution >= 0.6 is 22.9 Å². The normalized spacial score (nSPS) is 11.3. The van der Waals surface area contributed by atoms with Gasteiger partial charge >= 0.3 is 5.97 Å². The smallest absolute Gasteiger partial charge is 0.310 e. The molecule has 4 rings (SSSR count). The highest BCUT2D eigenvalue weighted by Crippen LogP contribution is 2.33. The second-order valence-corrected chi connectivity index (χ2v) is 8.90. The number of carbonyl (C=O) groups is 1. The van der Waals surface area contributed by atoms with Crippen molar-refractivity contribution in [1.82, 2.24) is 4.98 Å². The number of aromatic amines is 1. The molecular weight excluding hydrogens is 430 g/mol. The van der Waals surface area contributed by atoms with Gasteiger partial charge in [0, 0.05) is 38.8 Å². The van der Waals surface area contributed by atoms with Crippen LogP contribution in [0.25, 0.3) is 21.0 Å². The highest BCUT2D eigenvalue weighted by Gasteiger charge is 2.18. The SMILES string of the molecule is CCCCOc1ccc2c(CC(=O)OCC)c(Cc3csc4ccc(Cl)cc34)[nH]c2c1. The molecule has 0 bridgehead atoms. The van der Waals surface area contributed by atoms with E-state index < -0.39 is 0 Å². The van der Waals surface area contributed by atoms with Gasteiger partial charge in [0.1, 0.15) is 5.75 Å². The Balaban J connectivity index is 1.72. The molecule has 162 valence electrons. The first-order valence-electron chi connectivity index (χ1n) is 10.7. The minimum Gasteiger partial charge on any atom is -0.494 e. The molecule has 0 spiro atoms. The van der Waals surface area contributed by atoms with Crippen molar-refractivity contribution in [2.75, 3.05) is 13.2 Å². The summed E-state index contributed by atoms with van der Waals surface area (Å²) < 4.78 is 12.3. The highest BCUT2D eigenvalue weighted by atomic mass is 35.5. The van der Waals surface area contributed by atoms with E-state index in [0.717, 1.165) is 51.2 Å². The lowest BCUT2D eigenvalue weighted by Gasteiger charge is -2.06. The van der Waals surface area contributed by atoms with Gasteiger partial charge in [0.05, 0.1) is 19.6 Å². The van der Waals surface area contributed by atoms with Gasteiger partial charge in [0.2, 0.25) is 0 Å². The molecule has 0 unspecified atom stereocenters. The Bertz CT molecular complexity index is 1210. The molecule has 0 amide bonds. The van der Waals surface area contributed by atoms with Gasteiger partial charge in [-0.15, -0.1) is 11.3 Å². The molecule has 0 fully saturated rings. The lowest BCUT2D eigenvalue weighted by molar-refractivity contribution is -0.142. The fourth-order valence-corrected chi connectivity index (χ4v) is 4.92. The highest BCUT2D eigenvalue weighted by molar-refractivity contribution is 7.17. The summed E-state index contributed by atoms with van der Waals surface area (Å²) in [6, 6.07) is 12.0. The maximum Gasteiger partial charge on any atom is 0.310 e. The molecule has 2 aromatic carbocycles. The summed E-state index contributed by atoms with van der Waals surface area (Å²) in [5, 5.41) is 5.08. The first kappa shape index (κ1) is 21.7. The maximum absolute atomic E-state index is 12.3. The van der Waals surface area contributed by atoms with E-state index in [2.05, 4.69) is 23.4 Å². The second kappa shape index (κ2) is 9.75. The lowest BCUT2D eigenvalue weighted by atomic mass is 10.0. The summed E-state index contributed by atoms with van der Waals surface area (Å²) >= 11 is 7.95. The molecule has 1 N–H and O–H groups in total. The van der Waals surface area contributed by atoms with Crippen LogP contribution in [0.5, 0.6) is 5.75 Å². The van der Waals surface area contributed by atoms with E-state index in [4.69, 9.17) is 21.1 Å². The van der Waals surface area contributed by atoms with Crippen molar-refractivity contribution >= 4 is 49.9 Å². The quantitative estimate of drug-likeness (QED) is 0.220. The molecule has 4 nitrogen and oxygen atoms in total. The number of hydrogen-bond acceptors (Lipinski definition) is 4. The first-order chi connectivity index (χ1) is 15.1. The Morgan fingerprint density at radius 2 is 2.00 bits per heavy atom. The number of aromatic nitrogens is 1. The zero-order valence-electron chi connectivity index (χ0n) is 17.8. The number of esters is 1. The average Bonchev–Trinajstić information content (AvgIpc) is 3.29. The zero-order chi connectivity index (χ0) is 21.8. The van der Waals surface area contributed by atoms with Crippen LogP contribution in [0.15, 0.2) is 41.8 Å². The van der Waals surface area contributed by atoms with Gasteiger partial charge in [-0.2, -0.15) is 0 Å². The van der Waals surface area contributed by atoms with Crippen molar-refractivity contribution in [1.29, 1.82) is 0 Å². The molecule has 0 aliphatic heterocycles. The predicted octanol–water partition coefficient (Wildman–Crippen LogP) is 6.91. The van der Waals surface area contributed by atoms with Gasteiger partial charge in [-0.3, -0.25) is 4.79 Å². The van der Waals surface area contributed by atoms with Crippen molar-refractivity contribution in [2.45, 2.75) is 39.5 Å². The van der Waals surface area contributed by atoms with Crippen molar-refractivity contribution in [3.63, 3.8) is 0 Å². The molecule has 6 heteroatoms. The summed E-state index contributed by atoms with van der Waals surface area (Å²) in [6.45, 7) is 5.05. The Hall–Kier alpha value is -2.50. The van der Waals surface area contributed by atoms with Gasteiger partial charge < -0.3 is 14.5 Å². The molecule has 0 aliphatic carbocycles. The van der Waals surface area contributed by atoms with Gasteiger partial charge in [0.25, 0.3) is 0 Å². The number of thiophene rings is 1. The molecule has 0 aliphatic rings. The fourth-order valence-electron chi connectivity index (χ4n) is 3.81. The van der Waals surface area contributed by atoms with Gasteiger partial charge in [-0.25, -0.2) is 0 Å². The van der Waals surface area contributed by atoms with Crippen molar-refractivity contribution < 1.29 is 14.3 Å². The second-order valence-electron chi connectivity index (χ2n) is 7.55. The third kappa shape index (κ3) is 4.89. The number of rotatable bonds is 9. The maximum atomic E-state index is 12.3. The summed E-state index contributed by atoms with van der Waals surface area (Å²) in [7, 11) is 0. The van der Waals surface area contributed by atoms with E-state index in [9.17, 15) is 4.79 Å². The van der Waals surface area contributed by atoms with Crippen LogP contribution in [0.3, 0.4) is 0 Å². The Kier molecular flexibility index (Phi) is 6.83. The van der Waals surface area contributed by atoms with Crippen LogP contribution in [0.4, 0.5) is 0 Å². The average molecular weight is 456 g/mol. The van der Waals surface area contributed by atoms with E-state index in [-0.39, 0.29) is 12.4 Å². The number of benzene rings is 2. The topological polar surface area (TPSA) is 51.3 Å². The van der Waals surface area contributed by atoms with Crippen molar-refractivity contribution in [3.8, 4) is 5.75 Å². The number of hydrogen-bond donors (Lipinski definition) is 1. The zero-order valence-corrected chi connectivity index (χ0v) is 19.4. The van der Waals surface area contributed by atoms with E-state index in [0.29, 0.717) is 19.6 Å². The summed E-state index contributed by atoms with van der Waals surface area (Å²) in [6.07, 6.45) is 3.05. The van der Waals surface area contributed by atoms with Gasteiger partial charge in [-0.05, 0) is 65.6 Å². The van der Waals surface area contributed by atoms with Crippen LogP contribution in [0.1, 0.15) is 43.5 Å². The number of H-pyrrole nitrogens is 1. The summed E-state index contributed by atoms with van der Waals surface area (Å²) in [5.74, 6) is 0.621. The van der Waals surface area contributed by atoms with Crippen LogP contribution in [-0.2, 0) is 22.4 Å². The minimum absolute atomic E-state index is 0.217. The molecule has 0 radical (unpaired) electrons. The van der Waals surface area contributed by atoms with Crippen LogP contribution in [0.2, 0.25) is 5.02 Å². The Morgan fingerprint density at radius 1 is 1.13 bits per heavy atom. The molecule has 0 atom stereocenters. The molecule has 0 saturated heterocycles. The van der Waals surface area contributed by atoms with Gasteiger partial charge in [0.15, 0.2) is 0 Å². The standard InChI is InChI=1S/C25H26ClNO3S/c1-3-5-10-30-18-7-8-19-21(14-25(28)29-4-2)22(27-23(19)13-18)11-16-15-31-24-9-6-17(26)12-20(16)24/h6-9,12-13,15,27H,3-5,10-11,14H2,1-2H3. The minimum atomic E-state index is -0.217. The fraction of sp³-hybridized carbons (Fsp3) is 0.320. The Morgan fingerprint density at radius 3 is 2.81 bits per heavy atom. The Labute approximate surface area is 191 Å². The number of halogens is 1. The van der Waals surface area contributed by atoms with Gasteiger partial charge in [-0.1, -0.05) is 24.9 Å². The molecular formula is C25H26ClNO3S. The van der Waals surface area contributed by atoms with E-state index >= 15 is 0 Å². The monoisotopic (exact) mass is 455 g/mol. The summed E-state index contributed by atoms with van der Waals surface area (Å²) in [5.41, 5.74) is 4.17. The number of unbranched alkanes of at least 4 members (excludes halogenated alkanes) is 1. The first-order valence-corrected chi connectivity index (χ1v) is 11.9. The number of carbonyl (C=O) groups excluding carboxylic acids is 1. The van der Waals surface area contributed by atoms with Crippen molar-refractivity contribution in [2.24, 2.45) is 0 Å². The molecule has 2 heterocycles. The van der Waals surface area contributed by atoms with E-state index in [1.165, 1.54) is 10.3 Å². The van der Waals surface area contributed by atoms with Crippen molar-refractivity contribution in [3.05, 3.63) is 63.6 Å².